The zero-order valence-electron chi connectivity index (χ0n) is 14.9. The van der Waals surface area contributed by atoms with Crippen LogP contribution >= 0.6 is 0 Å². The maximum atomic E-state index is 12.5. The molecule has 0 heterocycles. The quantitative estimate of drug-likeness (QED) is 0.779. The van der Waals surface area contributed by atoms with Gasteiger partial charge in [0.2, 0.25) is 0 Å². The molecule has 0 amide bonds. The highest BCUT2D eigenvalue weighted by molar-refractivity contribution is 5.85. The summed E-state index contributed by atoms with van der Waals surface area (Å²) >= 11 is 0. The number of aliphatic hydroxyl groups excluding tert-OH is 1. The van der Waals surface area contributed by atoms with E-state index >= 15 is 0 Å². The van der Waals surface area contributed by atoms with Crippen LogP contribution in [0.4, 0.5) is 0 Å². The number of carbonyl (C=O) groups excluding carboxylic acids is 1. The van der Waals surface area contributed by atoms with Crippen molar-refractivity contribution >= 4 is 5.78 Å². The molecule has 2 N–H and O–H groups in total. The summed E-state index contributed by atoms with van der Waals surface area (Å²) in [5.41, 5.74) is -0.612. The predicted molar refractivity (Wildman–Crippen MR) is 88.8 cm³/mol. The lowest BCUT2D eigenvalue weighted by Gasteiger charge is -2.63. The van der Waals surface area contributed by atoms with E-state index in [0.29, 0.717) is 17.6 Å². The highest BCUT2D eigenvalue weighted by Crippen LogP contribution is 2.72. The number of fused-ring (bicyclic) bond motifs is 3. The summed E-state index contributed by atoms with van der Waals surface area (Å²) in [5, 5.41) is 20.7. The second-order valence-corrected chi connectivity index (χ2v) is 10.1. The molecule has 0 unspecified atom stereocenters. The van der Waals surface area contributed by atoms with Crippen molar-refractivity contribution in [3.8, 4) is 0 Å². The molecular formula is C20H32O3. The van der Waals surface area contributed by atoms with Gasteiger partial charge in [0, 0.05) is 11.8 Å². The van der Waals surface area contributed by atoms with Gasteiger partial charge in [0.15, 0.2) is 0 Å². The number of Topliss-reactive ketones (excluding diaryl/α,β-unsaturated/α-hetero) is 1. The molecule has 0 saturated heterocycles. The summed E-state index contributed by atoms with van der Waals surface area (Å²) in [6.07, 6.45) is 8.07. The van der Waals surface area contributed by atoms with Crippen molar-refractivity contribution in [1.29, 1.82) is 0 Å². The van der Waals surface area contributed by atoms with E-state index in [-0.39, 0.29) is 28.8 Å². The van der Waals surface area contributed by atoms with Gasteiger partial charge in [0.25, 0.3) is 0 Å². The average molecular weight is 320 g/mol. The molecule has 1 spiro atoms. The lowest BCUT2D eigenvalue weighted by atomic mass is 9.41. The Labute approximate surface area is 139 Å². The Hall–Kier alpha value is -0.410. The van der Waals surface area contributed by atoms with Crippen molar-refractivity contribution in [2.24, 2.45) is 34.0 Å². The Balaban J connectivity index is 1.73. The van der Waals surface area contributed by atoms with Crippen molar-refractivity contribution < 1.29 is 15.0 Å². The van der Waals surface area contributed by atoms with Gasteiger partial charge in [-0.2, -0.15) is 0 Å². The van der Waals surface area contributed by atoms with E-state index < -0.39 is 5.60 Å². The van der Waals surface area contributed by atoms with Crippen molar-refractivity contribution in [2.75, 3.05) is 6.61 Å². The van der Waals surface area contributed by atoms with Crippen LogP contribution in [0.25, 0.3) is 0 Å². The molecule has 0 aromatic carbocycles. The predicted octanol–water partition coefficient (Wildman–Crippen LogP) is 3.32. The topological polar surface area (TPSA) is 57.5 Å². The van der Waals surface area contributed by atoms with Crippen LogP contribution in [-0.2, 0) is 4.79 Å². The van der Waals surface area contributed by atoms with E-state index in [1.807, 2.05) is 0 Å². The molecule has 4 fully saturated rings. The van der Waals surface area contributed by atoms with Gasteiger partial charge in [0.1, 0.15) is 5.78 Å². The Morgan fingerprint density at radius 3 is 2.52 bits per heavy atom. The van der Waals surface area contributed by atoms with Gasteiger partial charge in [-0.1, -0.05) is 20.8 Å². The molecule has 4 rings (SSSR count). The molecule has 4 saturated carbocycles. The van der Waals surface area contributed by atoms with Crippen molar-refractivity contribution in [3.05, 3.63) is 0 Å². The Morgan fingerprint density at radius 2 is 1.83 bits per heavy atom. The summed E-state index contributed by atoms with van der Waals surface area (Å²) < 4.78 is 0. The summed E-state index contributed by atoms with van der Waals surface area (Å²) in [4.78, 5) is 12.5. The molecular weight excluding hydrogens is 288 g/mol. The lowest BCUT2D eigenvalue weighted by molar-refractivity contribution is -0.165. The standard InChI is InChI=1S/C20H32O3/c1-17(2)14-6-9-19-10-13(20(23,11-19)12-21)4-5-15(19)18(14,3)8-7-16(17)22/h13-15,21,23H,4-12H2,1-3H3/t13-,14+,15-,18+,19-,20+/m1/s1. The van der Waals surface area contributed by atoms with Crippen LogP contribution in [0.1, 0.15) is 72.1 Å². The second kappa shape index (κ2) is 4.60. The van der Waals surface area contributed by atoms with E-state index in [1.165, 1.54) is 6.42 Å². The SMILES string of the molecule is CC1(C)C(=O)CC[C@@]2(C)[C@H]1CC[C@]13C[C@@H](CC[C@@H]12)[C@@](O)(CO)C3. The maximum Gasteiger partial charge on any atom is 0.138 e. The fraction of sp³-hybridized carbons (Fsp3) is 0.950. The van der Waals surface area contributed by atoms with Crippen molar-refractivity contribution in [1.82, 2.24) is 0 Å². The third kappa shape index (κ3) is 1.87. The fourth-order valence-corrected chi connectivity index (χ4v) is 7.83. The van der Waals surface area contributed by atoms with Gasteiger partial charge in [0.05, 0.1) is 12.2 Å². The Kier molecular flexibility index (Phi) is 3.22. The van der Waals surface area contributed by atoms with Crippen LogP contribution in [0.2, 0.25) is 0 Å². The molecule has 4 aliphatic rings. The molecule has 0 aromatic rings. The van der Waals surface area contributed by atoms with E-state index in [4.69, 9.17) is 0 Å². The molecule has 4 aliphatic carbocycles. The monoisotopic (exact) mass is 320 g/mol. The highest BCUT2D eigenvalue weighted by Gasteiger charge is 2.67. The third-order valence-electron chi connectivity index (χ3n) is 8.89. The van der Waals surface area contributed by atoms with Gasteiger partial charge in [-0.15, -0.1) is 0 Å². The zero-order chi connectivity index (χ0) is 16.7. The molecule has 0 radical (unpaired) electrons. The van der Waals surface area contributed by atoms with Crippen LogP contribution in [0, 0.1) is 34.0 Å². The van der Waals surface area contributed by atoms with E-state index in [1.54, 1.807) is 0 Å². The summed E-state index contributed by atoms with van der Waals surface area (Å²) in [5.74, 6) is 1.81. The second-order valence-electron chi connectivity index (χ2n) is 10.1. The van der Waals surface area contributed by atoms with Crippen LogP contribution in [-0.4, -0.2) is 28.2 Å². The van der Waals surface area contributed by atoms with Crippen molar-refractivity contribution in [2.45, 2.75) is 77.7 Å². The number of hydrogen-bond acceptors (Lipinski definition) is 3. The van der Waals surface area contributed by atoms with Gasteiger partial charge in [-0.05, 0) is 73.5 Å². The number of ketones is 1. The van der Waals surface area contributed by atoms with Crippen LogP contribution in [0.15, 0.2) is 0 Å². The first-order chi connectivity index (χ1) is 10.7. The minimum absolute atomic E-state index is 0.0870. The molecule has 2 bridgehead atoms. The average Bonchev–Trinajstić information content (AvgIpc) is 2.70. The molecule has 6 atom stereocenters. The molecule has 23 heavy (non-hydrogen) atoms. The molecule has 0 aliphatic heterocycles. The summed E-state index contributed by atoms with van der Waals surface area (Å²) in [7, 11) is 0. The van der Waals surface area contributed by atoms with E-state index in [9.17, 15) is 15.0 Å². The van der Waals surface area contributed by atoms with Gasteiger partial charge < -0.3 is 10.2 Å². The first-order valence-electron chi connectivity index (χ1n) is 9.55. The fourth-order valence-electron chi connectivity index (χ4n) is 7.83. The number of rotatable bonds is 1. The van der Waals surface area contributed by atoms with Crippen LogP contribution in [0.3, 0.4) is 0 Å². The third-order valence-corrected chi connectivity index (χ3v) is 8.89. The Bertz CT molecular complexity index is 541. The highest BCUT2D eigenvalue weighted by atomic mass is 16.3. The lowest BCUT2D eigenvalue weighted by Crippen LogP contribution is -2.58. The first kappa shape index (κ1) is 16.1. The molecule has 130 valence electrons. The number of carbonyl (C=O) groups is 1. The minimum Gasteiger partial charge on any atom is -0.393 e. The normalized spacial score (nSPS) is 54.5. The Morgan fingerprint density at radius 1 is 1.09 bits per heavy atom. The zero-order valence-corrected chi connectivity index (χ0v) is 14.9. The number of hydrogen-bond donors (Lipinski definition) is 2. The van der Waals surface area contributed by atoms with Crippen LogP contribution < -0.4 is 0 Å². The van der Waals surface area contributed by atoms with Gasteiger partial charge in [-0.3, -0.25) is 4.79 Å². The minimum atomic E-state index is -0.849. The summed E-state index contributed by atoms with van der Waals surface area (Å²) in [6, 6.07) is 0. The smallest absolute Gasteiger partial charge is 0.138 e. The van der Waals surface area contributed by atoms with Gasteiger partial charge >= 0.3 is 0 Å². The molecule has 0 aromatic heterocycles. The summed E-state index contributed by atoms with van der Waals surface area (Å²) in [6.45, 7) is 6.68. The first-order valence-corrected chi connectivity index (χ1v) is 9.55. The number of aliphatic hydroxyl groups is 2. The largest absolute Gasteiger partial charge is 0.393 e. The molecule has 3 nitrogen and oxygen atoms in total. The van der Waals surface area contributed by atoms with Gasteiger partial charge in [-0.25, -0.2) is 0 Å². The maximum absolute atomic E-state index is 12.5. The van der Waals surface area contributed by atoms with E-state index in [2.05, 4.69) is 20.8 Å². The van der Waals surface area contributed by atoms with Crippen LogP contribution in [0.5, 0.6) is 0 Å². The molecule has 3 heteroatoms. The van der Waals surface area contributed by atoms with Crippen molar-refractivity contribution in [3.63, 3.8) is 0 Å². The van der Waals surface area contributed by atoms with E-state index in [0.717, 1.165) is 44.9 Å².